The van der Waals surface area contributed by atoms with E-state index in [9.17, 15) is 14.7 Å². The molecule has 1 aliphatic heterocycles. The van der Waals surface area contributed by atoms with E-state index in [2.05, 4.69) is 5.43 Å². The molecule has 0 aromatic heterocycles. The van der Waals surface area contributed by atoms with Crippen LogP contribution in [0, 0.1) is 0 Å². The van der Waals surface area contributed by atoms with Crippen molar-refractivity contribution in [2.75, 3.05) is 5.01 Å². The quantitative estimate of drug-likeness (QED) is 0.661. The van der Waals surface area contributed by atoms with E-state index in [-0.39, 0.29) is 11.3 Å². The predicted molar refractivity (Wildman–Crippen MR) is 83.2 cm³/mol. The lowest BCUT2D eigenvalue weighted by atomic mass is 10.1. The summed E-state index contributed by atoms with van der Waals surface area (Å²) in [6.45, 7) is 0. The van der Waals surface area contributed by atoms with Crippen molar-refractivity contribution in [1.82, 2.24) is 5.43 Å². The van der Waals surface area contributed by atoms with Gasteiger partial charge in [-0.1, -0.05) is 29.8 Å². The molecule has 0 aliphatic carbocycles. The van der Waals surface area contributed by atoms with Gasteiger partial charge in [0, 0.05) is 10.6 Å². The van der Waals surface area contributed by atoms with Crippen molar-refractivity contribution in [3.63, 3.8) is 0 Å². The van der Waals surface area contributed by atoms with Gasteiger partial charge in [0.15, 0.2) is 0 Å². The Labute approximate surface area is 131 Å². The summed E-state index contributed by atoms with van der Waals surface area (Å²) in [6, 6.07) is 13.0. The highest BCUT2D eigenvalue weighted by Gasteiger charge is 2.34. The number of nitrogens with one attached hydrogen (secondary N) is 1. The number of hydrazine groups is 1. The van der Waals surface area contributed by atoms with Gasteiger partial charge < -0.3 is 5.11 Å². The Morgan fingerprint density at radius 3 is 2.41 bits per heavy atom. The van der Waals surface area contributed by atoms with Crippen molar-refractivity contribution < 1.29 is 14.7 Å². The number of amides is 2. The standard InChI is InChI=1S/C16H11ClN2O3/c17-11-5-7-12(8-6-11)19-16(22)13(15(21)18-19)9-10-3-1-2-4-14(10)20/h1-9,20H,(H,18,21). The summed E-state index contributed by atoms with van der Waals surface area (Å²) in [4.78, 5) is 24.4. The van der Waals surface area contributed by atoms with E-state index in [1.165, 1.54) is 12.1 Å². The maximum absolute atomic E-state index is 12.4. The molecule has 2 aromatic rings. The van der Waals surface area contributed by atoms with Crippen molar-refractivity contribution >= 4 is 35.2 Å². The monoisotopic (exact) mass is 314 g/mol. The number of para-hydroxylation sites is 1. The first-order valence-electron chi connectivity index (χ1n) is 6.47. The topological polar surface area (TPSA) is 69.6 Å². The Bertz CT molecular complexity index is 784. The van der Waals surface area contributed by atoms with Crippen LogP contribution in [-0.4, -0.2) is 16.9 Å². The van der Waals surface area contributed by atoms with E-state index in [1.807, 2.05) is 0 Å². The molecule has 0 spiro atoms. The maximum atomic E-state index is 12.4. The molecule has 1 saturated heterocycles. The molecule has 0 atom stereocenters. The van der Waals surface area contributed by atoms with Gasteiger partial charge in [0.1, 0.15) is 11.3 Å². The molecule has 0 unspecified atom stereocenters. The minimum Gasteiger partial charge on any atom is -0.507 e. The lowest BCUT2D eigenvalue weighted by Crippen LogP contribution is -2.35. The van der Waals surface area contributed by atoms with E-state index in [0.717, 1.165) is 5.01 Å². The second-order valence-corrected chi connectivity index (χ2v) is 5.11. The van der Waals surface area contributed by atoms with Crippen molar-refractivity contribution in [3.8, 4) is 5.75 Å². The summed E-state index contributed by atoms with van der Waals surface area (Å²) in [7, 11) is 0. The van der Waals surface area contributed by atoms with Gasteiger partial charge in [0.2, 0.25) is 0 Å². The second kappa shape index (κ2) is 5.54. The fourth-order valence-electron chi connectivity index (χ4n) is 2.09. The minimum absolute atomic E-state index is 0.000503. The van der Waals surface area contributed by atoms with E-state index in [4.69, 9.17) is 11.6 Å². The fourth-order valence-corrected chi connectivity index (χ4v) is 2.22. The average molecular weight is 315 g/mol. The van der Waals surface area contributed by atoms with Crippen LogP contribution in [0.2, 0.25) is 5.02 Å². The molecule has 2 aromatic carbocycles. The number of carbonyl (C=O) groups is 2. The lowest BCUT2D eigenvalue weighted by Gasteiger charge is -2.14. The summed E-state index contributed by atoms with van der Waals surface area (Å²) in [5.74, 6) is -1.01. The number of rotatable bonds is 2. The van der Waals surface area contributed by atoms with Gasteiger partial charge in [-0.3, -0.25) is 15.0 Å². The Morgan fingerprint density at radius 2 is 1.73 bits per heavy atom. The van der Waals surface area contributed by atoms with Gasteiger partial charge >= 0.3 is 0 Å². The van der Waals surface area contributed by atoms with Crippen molar-refractivity contribution in [2.24, 2.45) is 0 Å². The van der Waals surface area contributed by atoms with Crippen LogP contribution in [0.25, 0.3) is 6.08 Å². The number of phenolic OH excluding ortho intramolecular Hbond substituents is 1. The number of hydrogen-bond acceptors (Lipinski definition) is 3. The smallest absolute Gasteiger partial charge is 0.282 e. The van der Waals surface area contributed by atoms with Crippen molar-refractivity contribution in [3.05, 3.63) is 64.7 Å². The molecule has 0 saturated carbocycles. The highest BCUT2D eigenvalue weighted by atomic mass is 35.5. The summed E-state index contributed by atoms with van der Waals surface area (Å²) in [5.41, 5.74) is 3.34. The van der Waals surface area contributed by atoms with Gasteiger partial charge in [-0.05, 0) is 36.4 Å². The first-order valence-corrected chi connectivity index (χ1v) is 6.85. The third-order valence-electron chi connectivity index (χ3n) is 3.21. The molecule has 1 aliphatic rings. The molecule has 6 heteroatoms. The number of aromatic hydroxyl groups is 1. The zero-order valence-corrected chi connectivity index (χ0v) is 12.0. The van der Waals surface area contributed by atoms with Gasteiger partial charge in [0.25, 0.3) is 11.8 Å². The first kappa shape index (κ1) is 14.2. The Hall–Kier alpha value is -2.79. The third-order valence-corrected chi connectivity index (χ3v) is 3.46. The van der Waals surface area contributed by atoms with E-state index in [0.29, 0.717) is 16.3 Å². The SMILES string of the molecule is O=C1NN(c2ccc(Cl)cc2)C(=O)C1=Cc1ccccc1O. The van der Waals surface area contributed by atoms with Gasteiger partial charge in [-0.25, -0.2) is 5.01 Å². The summed E-state index contributed by atoms with van der Waals surface area (Å²) < 4.78 is 0. The number of phenols is 1. The molecular formula is C16H11ClN2O3. The minimum atomic E-state index is -0.525. The molecular weight excluding hydrogens is 304 g/mol. The lowest BCUT2D eigenvalue weighted by molar-refractivity contribution is -0.117. The molecule has 1 heterocycles. The highest BCUT2D eigenvalue weighted by Crippen LogP contribution is 2.25. The zero-order chi connectivity index (χ0) is 15.7. The molecule has 0 radical (unpaired) electrons. The van der Waals surface area contributed by atoms with Crippen LogP contribution in [-0.2, 0) is 9.59 Å². The summed E-state index contributed by atoms with van der Waals surface area (Å²) in [5, 5.41) is 11.4. The molecule has 3 rings (SSSR count). The second-order valence-electron chi connectivity index (χ2n) is 4.67. The molecule has 2 N–H and O–H groups in total. The number of benzene rings is 2. The number of anilines is 1. The predicted octanol–water partition coefficient (Wildman–Crippen LogP) is 2.51. The Kier molecular flexibility index (Phi) is 3.56. The van der Waals surface area contributed by atoms with Crippen LogP contribution in [0.4, 0.5) is 5.69 Å². The van der Waals surface area contributed by atoms with E-state index < -0.39 is 11.8 Å². The van der Waals surface area contributed by atoms with Crippen LogP contribution < -0.4 is 10.4 Å². The molecule has 22 heavy (non-hydrogen) atoms. The molecule has 5 nitrogen and oxygen atoms in total. The Balaban J connectivity index is 1.95. The van der Waals surface area contributed by atoms with E-state index in [1.54, 1.807) is 42.5 Å². The van der Waals surface area contributed by atoms with Gasteiger partial charge in [-0.2, -0.15) is 0 Å². The zero-order valence-electron chi connectivity index (χ0n) is 11.3. The molecule has 110 valence electrons. The van der Waals surface area contributed by atoms with Gasteiger partial charge in [0.05, 0.1) is 5.69 Å². The van der Waals surface area contributed by atoms with E-state index >= 15 is 0 Å². The summed E-state index contributed by atoms with van der Waals surface area (Å²) >= 11 is 5.81. The third kappa shape index (κ3) is 2.54. The summed E-state index contributed by atoms with van der Waals surface area (Å²) in [6.07, 6.45) is 1.36. The highest BCUT2D eigenvalue weighted by molar-refractivity contribution is 6.32. The number of hydrogen-bond donors (Lipinski definition) is 2. The van der Waals surface area contributed by atoms with Crippen molar-refractivity contribution in [1.29, 1.82) is 0 Å². The Morgan fingerprint density at radius 1 is 1.05 bits per heavy atom. The average Bonchev–Trinajstić information content (AvgIpc) is 2.78. The number of nitrogens with zero attached hydrogens (tertiary/aromatic N) is 1. The van der Waals surface area contributed by atoms with Crippen LogP contribution in [0.5, 0.6) is 5.75 Å². The number of carbonyl (C=O) groups excluding carboxylic acids is 2. The molecule has 2 amide bonds. The largest absolute Gasteiger partial charge is 0.507 e. The fraction of sp³-hybridized carbons (Fsp3) is 0. The van der Waals surface area contributed by atoms with Crippen LogP contribution in [0.15, 0.2) is 54.1 Å². The van der Waals surface area contributed by atoms with Crippen LogP contribution in [0.3, 0.4) is 0 Å². The number of halogens is 1. The maximum Gasteiger partial charge on any atom is 0.282 e. The van der Waals surface area contributed by atoms with Crippen LogP contribution >= 0.6 is 11.6 Å². The van der Waals surface area contributed by atoms with Gasteiger partial charge in [-0.15, -0.1) is 0 Å². The first-order chi connectivity index (χ1) is 10.6. The molecule has 1 fully saturated rings. The van der Waals surface area contributed by atoms with Crippen molar-refractivity contribution in [2.45, 2.75) is 0 Å². The normalized spacial score (nSPS) is 16.2. The van der Waals surface area contributed by atoms with Crippen LogP contribution in [0.1, 0.15) is 5.56 Å². The molecule has 0 bridgehead atoms.